The zero-order valence-corrected chi connectivity index (χ0v) is 8.88. The fourth-order valence-corrected chi connectivity index (χ4v) is 1.54. The van der Waals surface area contributed by atoms with Gasteiger partial charge in [-0.25, -0.2) is 0 Å². The van der Waals surface area contributed by atoms with Gasteiger partial charge in [0.2, 0.25) is 0 Å². The highest BCUT2D eigenvalue weighted by molar-refractivity contribution is 5.28. The SMILES string of the molecule is Cc1cncc(C(N)c2cnn(C)c2)c1. The molecule has 0 fully saturated rings. The van der Waals surface area contributed by atoms with Crippen molar-refractivity contribution >= 4 is 0 Å². The number of nitrogens with zero attached hydrogens (tertiary/aromatic N) is 3. The van der Waals surface area contributed by atoms with Crippen LogP contribution in [-0.2, 0) is 7.05 Å². The second-order valence-electron chi connectivity index (χ2n) is 3.72. The molecule has 0 spiro atoms. The molecule has 1 atom stereocenters. The summed E-state index contributed by atoms with van der Waals surface area (Å²) in [7, 11) is 1.88. The van der Waals surface area contributed by atoms with Crippen molar-refractivity contribution in [3.63, 3.8) is 0 Å². The molecule has 78 valence electrons. The predicted molar refractivity (Wildman–Crippen MR) is 58.2 cm³/mol. The van der Waals surface area contributed by atoms with E-state index in [0.717, 1.165) is 16.7 Å². The van der Waals surface area contributed by atoms with Crippen molar-refractivity contribution in [2.45, 2.75) is 13.0 Å². The highest BCUT2D eigenvalue weighted by Gasteiger charge is 2.10. The Morgan fingerprint density at radius 2 is 2.07 bits per heavy atom. The summed E-state index contributed by atoms with van der Waals surface area (Å²) in [5, 5.41) is 4.10. The monoisotopic (exact) mass is 202 g/mol. The Morgan fingerprint density at radius 1 is 1.27 bits per heavy atom. The molecular weight excluding hydrogens is 188 g/mol. The van der Waals surface area contributed by atoms with E-state index in [-0.39, 0.29) is 6.04 Å². The summed E-state index contributed by atoms with van der Waals surface area (Å²) in [6, 6.07) is 1.90. The summed E-state index contributed by atoms with van der Waals surface area (Å²) in [4.78, 5) is 4.13. The molecule has 2 aromatic heterocycles. The molecule has 0 radical (unpaired) electrons. The van der Waals surface area contributed by atoms with Crippen LogP contribution in [0.5, 0.6) is 0 Å². The molecular formula is C11H14N4. The minimum absolute atomic E-state index is 0.147. The van der Waals surface area contributed by atoms with E-state index in [1.807, 2.05) is 32.4 Å². The van der Waals surface area contributed by atoms with Gasteiger partial charge in [-0.2, -0.15) is 5.10 Å². The number of hydrogen-bond donors (Lipinski definition) is 1. The Balaban J connectivity index is 2.32. The fraction of sp³-hybridized carbons (Fsp3) is 0.273. The fourth-order valence-electron chi connectivity index (χ4n) is 1.54. The molecule has 2 N–H and O–H groups in total. The molecule has 0 aliphatic heterocycles. The molecule has 0 amide bonds. The first-order valence-electron chi connectivity index (χ1n) is 4.82. The van der Waals surface area contributed by atoms with Crippen molar-refractivity contribution in [2.75, 3.05) is 0 Å². The van der Waals surface area contributed by atoms with Crippen LogP contribution in [0.3, 0.4) is 0 Å². The highest BCUT2D eigenvalue weighted by Crippen LogP contribution is 2.18. The minimum Gasteiger partial charge on any atom is -0.320 e. The van der Waals surface area contributed by atoms with E-state index in [0.29, 0.717) is 0 Å². The third-order valence-corrected chi connectivity index (χ3v) is 2.34. The summed E-state index contributed by atoms with van der Waals surface area (Å²) < 4.78 is 1.75. The van der Waals surface area contributed by atoms with Crippen LogP contribution in [0.4, 0.5) is 0 Å². The zero-order valence-electron chi connectivity index (χ0n) is 8.88. The number of aromatic nitrogens is 3. The van der Waals surface area contributed by atoms with E-state index in [9.17, 15) is 0 Å². The van der Waals surface area contributed by atoms with E-state index in [4.69, 9.17) is 5.73 Å². The van der Waals surface area contributed by atoms with Crippen LogP contribution in [0.2, 0.25) is 0 Å². The zero-order chi connectivity index (χ0) is 10.8. The molecule has 2 aromatic rings. The molecule has 0 bridgehead atoms. The van der Waals surface area contributed by atoms with Gasteiger partial charge in [-0.05, 0) is 18.1 Å². The van der Waals surface area contributed by atoms with E-state index >= 15 is 0 Å². The quantitative estimate of drug-likeness (QED) is 0.795. The maximum Gasteiger partial charge on any atom is 0.0598 e. The lowest BCUT2D eigenvalue weighted by Crippen LogP contribution is -2.11. The van der Waals surface area contributed by atoms with Crippen molar-refractivity contribution in [2.24, 2.45) is 12.8 Å². The average molecular weight is 202 g/mol. The van der Waals surface area contributed by atoms with Crippen LogP contribution in [0, 0.1) is 6.92 Å². The Morgan fingerprint density at radius 3 is 2.67 bits per heavy atom. The van der Waals surface area contributed by atoms with Crippen molar-refractivity contribution in [1.29, 1.82) is 0 Å². The third-order valence-electron chi connectivity index (χ3n) is 2.34. The van der Waals surface area contributed by atoms with E-state index < -0.39 is 0 Å². The summed E-state index contributed by atoms with van der Waals surface area (Å²) in [6.07, 6.45) is 7.32. The minimum atomic E-state index is -0.147. The smallest absolute Gasteiger partial charge is 0.0598 e. The van der Waals surface area contributed by atoms with Gasteiger partial charge in [0.15, 0.2) is 0 Å². The van der Waals surface area contributed by atoms with Crippen molar-refractivity contribution in [3.8, 4) is 0 Å². The maximum absolute atomic E-state index is 6.11. The van der Waals surface area contributed by atoms with Gasteiger partial charge in [-0.1, -0.05) is 6.07 Å². The normalized spacial score (nSPS) is 12.7. The molecule has 4 nitrogen and oxygen atoms in total. The highest BCUT2D eigenvalue weighted by atomic mass is 15.2. The Kier molecular flexibility index (Phi) is 2.51. The Labute approximate surface area is 88.8 Å². The van der Waals surface area contributed by atoms with Crippen molar-refractivity contribution < 1.29 is 0 Å². The van der Waals surface area contributed by atoms with Gasteiger partial charge in [-0.3, -0.25) is 9.67 Å². The number of pyridine rings is 1. The van der Waals surface area contributed by atoms with Gasteiger partial charge >= 0.3 is 0 Å². The van der Waals surface area contributed by atoms with Crippen LogP contribution < -0.4 is 5.73 Å². The Bertz CT molecular complexity index is 461. The summed E-state index contributed by atoms with van der Waals surface area (Å²) >= 11 is 0. The van der Waals surface area contributed by atoms with Crippen LogP contribution in [0.1, 0.15) is 22.7 Å². The van der Waals surface area contributed by atoms with Crippen molar-refractivity contribution in [3.05, 3.63) is 47.5 Å². The molecule has 2 heterocycles. The van der Waals surface area contributed by atoms with Crippen molar-refractivity contribution in [1.82, 2.24) is 14.8 Å². The second kappa shape index (κ2) is 3.82. The third kappa shape index (κ3) is 2.05. The molecule has 0 aliphatic rings. The molecule has 2 rings (SSSR count). The largest absolute Gasteiger partial charge is 0.320 e. The standard InChI is InChI=1S/C11H14N4/c1-8-3-9(5-13-4-8)11(12)10-6-14-15(2)7-10/h3-7,11H,12H2,1-2H3. The first-order chi connectivity index (χ1) is 7.16. The van der Waals surface area contributed by atoms with Gasteiger partial charge in [0.25, 0.3) is 0 Å². The molecule has 0 saturated carbocycles. The topological polar surface area (TPSA) is 56.7 Å². The molecule has 4 heteroatoms. The first-order valence-corrected chi connectivity index (χ1v) is 4.82. The predicted octanol–water partition coefficient (Wildman–Crippen LogP) is 1.17. The lowest BCUT2D eigenvalue weighted by atomic mass is 10.0. The average Bonchev–Trinajstić information content (AvgIpc) is 2.64. The van der Waals surface area contributed by atoms with Crippen LogP contribution in [0.25, 0.3) is 0 Å². The van der Waals surface area contributed by atoms with Gasteiger partial charge in [0, 0.05) is 31.2 Å². The van der Waals surface area contributed by atoms with E-state index in [1.165, 1.54) is 0 Å². The lowest BCUT2D eigenvalue weighted by Gasteiger charge is -2.09. The Hall–Kier alpha value is -1.68. The number of nitrogens with two attached hydrogens (primary N) is 1. The number of aryl methyl sites for hydroxylation is 2. The van der Waals surface area contributed by atoms with Gasteiger partial charge < -0.3 is 5.73 Å². The van der Waals surface area contributed by atoms with E-state index in [2.05, 4.69) is 10.1 Å². The first kappa shape index (κ1) is 9.86. The summed E-state index contributed by atoms with van der Waals surface area (Å²) in [5.74, 6) is 0. The molecule has 0 aliphatic carbocycles. The van der Waals surface area contributed by atoms with Gasteiger partial charge in [-0.15, -0.1) is 0 Å². The van der Waals surface area contributed by atoms with Crippen LogP contribution in [0.15, 0.2) is 30.9 Å². The van der Waals surface area contributed by atoms with Crippen LogP contribution >= 0.6 is 0 Å². The molecule has 0 aromatic carbocycles. The lowest BCUT2D eigenvalue weighted by molar-refractivity contribution is 0.765. The maximum atomic E-state index is 6.11. The summed E-state index contributed by atoms with van der Waals surface area (Å²) in [5.41, 5.74) is 9.24. The number of rotatable bonds is 2. The summed E-state index contributed by atoms with van der Waals surface area (Å²) in [6.45, 7) is 2.01. The van der Waals surface area contributed by atoms with Gasteiger partial charge in [0.05, 0.1) is 12.2 Å². The van der Waals surface area contributed by atoms with E-state index in [1.54, 1.807) is 17.1 Å². The van der Waals surface area contributed by atoms with Crippen LogP contribution in [-0.4, -0.2) is 14.8 Å². The molecule has 0 saturated heterocycles. The molecule has 15 heavy (non-hydrogen) atoms. The number of hydrogen-bond acceptors (Lipinski definition) is 3. The molecule has 1 unspecified atom stereocenters. The van der Waals surface area contributed by atoms with Gasteiger partial charge in [0.1, 0.15) is 0 Å². The second-order valence-corrected chi connectivity index (χ2v) is 3.72.